The minimum atomic E-state index is 0.307. The van der Waals surface area contributed by atoms with E-state index < -0.39 is 0 Å². The minimum absolute atomic E-state index is 0.307. The van der Waals surface area contributed by atoms with Gasteiger partial charge in [-0.1, -0.05) is 13.3 Å². The Morgan fingerprint density at radius 3 is 3.00 bits per heavy atom. The van der Waals surface area contributed by atoms with Crippen molar-refractivity contribution in [2.45, 2.75) is 25.8 Å². The van der Waals surface area contributed by atoms with E-state index in [1.165, 1.54) is 0 Å². The summed E-state index contributed by atoms with van der Waals surface area (Å²) in [7, 11) is 1.70. The molecule has 1 aromatic heterocycles. The highest BCUT2D eigenvalue weighted by molar-refractivity contribution is 7.71. The van der Waals surface area contributed by atoms with Crippen LogP contribution in [-0.2, 0) is 4.74 Å². The molecule has 4 nitrogen and oxygen atoms in total. The summed E-state index contributed by atoms with van der Waals surface area (Å²) in [6.45, 7) is 2.83. The van der Waals surface area contributed by atoms with Crippen LogP contribution >= 0.6 is 12.2 Å². The predicted octanol–water partition coefficient (Wildman–Crippen LogP) is 1.93. The van der Waals surface area contributed by atoms with Crippen molar-refractivity contribution in [3.8, 4) is 0 Å². The molecule has 1 heterocycles. The Morgan fingerprint density at radius 2 is 2.54 bits per heavy atom. The van der Waals surface area contributed by atoms with Crippen LogP contribution in [0.1, 0.15) is 25.8 Å². The largest absolute Gasteiger partial charge is 0.383 e. The number of rotatable bonds is 5. The van der Waals surface area contributed by atoms with Gasteiger partial charge in [0.05, 0.1) is 12.6 Å². The first kappa shape index (κ1) is 10.4. The molecule has 0 bridgehead atoms. The van der Waals surface area contributed by atoms with E-state index in [2.05, 4.69) is 17.1 Å². The van der Waals surface area contributed by atoms with E-state index in [1.807, 2.05) is 4.57 Å². The maximum Gasteiger partial charge on any atom is 0.195 e. The number of methoxy groups -OCH3 is 1. The van der Waals surface area contributed by atoms with E-state index >= 15 is 0 Å². The van der Waals surface area contributed by atoms with E-state index in [0.29, 0.717) is 17.4 Å². The van der Waals surface area contributed by atoms with Crippen molar-refractivity contribution in [3.05, 3.63) is 11.1 Å². The molecule has 0 aliphatic heterocycles. The van der Waals surface area contributed by atoms with Crippen LogP contribution in [0.15, 0.2) is 6.33 Å². The molecule has 0 fully saturated rings. The highest BCUT2D eigenvalue weighted by atomic mass is 32.1. The topological polar surface area (TPSA) is 42.8 Å². The molecule has 0 amide bonds. The van der Waals surface area contributed by atoms with Crippen LogP contribution in [0.25, 0.3) is 0 Å². The summed E-state index contributed by atoms with van der Waals surface area (Å²) in [5.41, 5.74) is 0. The van der Waals surface area contributed by atoms with Crippen molar-refractivity contribution in [1.29, 1.82) is 0 Å². The van der Waals surface area contributed by atoms with E-state index in [4.69, 9.17) is 17.0 Å². The highest BCUT2D eigenvalue weighted by Crippen LogP contribution is 2.13. The number of ether oxygens (including phenoxy) is 1. The van der Waals surface area contributed by atoms with Gasteiger partial charge in [0.2, 0.25) is 0 Å². The van der Waals surface area contributed by atoms with Gasteiger partial charge < -0.3 is 9.30 Å². The smallest absolute Gasteiger partial charge is 0.195 e. The molecule has 1 atom stereocenters. The van der Waals surface area contributed by atoms with Crippen molar-refractivity contribution in [2.75, 3.05) is 13.7 Å². The van der Waals surface area contributed by atoms with Crippen LogP contribution < -0.4 is 0 Å². The third-order valence-corrected chi connectivity index (χ3v) is 2.25. The minimum Gasteiger partial charge on any atom is -0.383 e. The van der Waals surface area contributed by atoms with Gasteiger partial charge in [-0.3, -0.25) is 5.10 Å². The monoisotopic (exact) mass is 201 g/mol. The maximum absolute atomic E-state index is 5.13. The lowest BCUT2D eigenvalue weighted by Crippen LogP contribution is -2.13. The lowest BCUT2D eigenvalue weighted by atomic mass is 10.2. The van der Waals surface area contributed by atoms with Gasteiger partial charge in [-0.05, 0) is 18.6 Å². The van der Waals surface area contributed by atoms with Gasteiger partial charge in [0, 0.05) is 7.11 Å². The summed E-state index contributed by atoms with van der Waals surface area (Å²) < 4.78 is 7.74. The molecule has 0 spiro atoms. The first-order valence-electron chi connectivity index (χ1n) is 4.40. The van der Waals surface area contributed by atoms with Gasteiger partial charge in [-0.25, -0.2) is 0 Å². The number of hydrogen-bond acceptors (Lipinski definition) is 3. The fraction of sp³-hybridized carbons (Fsp3) is 0.750. The summed E-state index contributed by atoms with van der Waals surface area (Å²) >= 11 is 5.08. The van der Waals surface area contributed by atoms with Crippen molar-refractivity contribution >= 4 is 12.2 Å². The zero-order valence-electron chi connectivity index (χ0n) is 7.99. The molecule has 0 aromatic carbocycles. The Hall–Kier alpha value is -0.680. The van der Waals surface area contributed by atoms with E-state index in [1.54, 1.807) is 13.4 Å². The summed E-state index contributed by atoms with van der Waals surface area (Å²) in [4.78, 5) is 0. The van der Waals surface area contributed by atoms with Gasteiger partial charge in [0.1, 0.15) is 6.33 Å². The summed E-state index contributed by atoms with van der Waals surface area (Å²) in [5, 5.41) is 6.62. The number of nitrogens with one attached hydrogen (secondary N) is 1. The number of nitrogens with zero attached hydrogens (tertiary/aromatic N) is 2. The Kier molecular flexibility index (Phi) is 4.11. The molecule has 0 saturated heterocycles. The highest BCUT2D eigenvalue weighted by Gasteiger charge is 2.10. The Labute approximate surface area is 82.9 Å². The van der Waals surface area contributed by atoms with Crippen molar-refractivity contribution < 1.29 is 4.74 Å². The molecule has 0 saturated carbocycles. The summed E-state index contributed by atoms with van der Waals surface area (Å²) in [5.74, 6) is 0. The third-order valence-electron chi connectivity index (χ3n) is 1.95. The molecular formula is C8H15N3OS. The standard InChI is InChI=1S/C8H15N3OS/c1-3-4-7(5-12-2)11-6-9-10-8(11)13/h6-7H,3-5H2,1-2H3,(H,10,13). The average molecular weight is 201 g/mol. The Bertz CT molecular complexity index is 288. The lowest BCUT2D eigenvalue weighted by molar-refractivity contribution is 0.149. The lowest BCUT2D eigenvalue weighted by Gasteiger charge is -2.15. The van der Waals surface area contributed by atoms with Gasteiger partial charge in [0.15, 0.2) is 4.77 Å². The van der Waals surface area contributed by atoms with Crippen LogP contribution in [0, 0.1) is 4.77 Å². The van der Waals surface area contributed by atoms with Crippen LogP contribution in [0.2, 0.25) is 0 Å². The zero-order valence-corrected chi connectivity index (χ0v) is 8.80. The number of H-pyrrole nitrogens is 1. The summed E-state index contributed by atoms with van der Waals surface area (Å²) in [6, 6.07) is 0.307. The van der Waals surface area contributed by atoms with Crippen LogP contribution in [0.3, 0.4) is 0 Å². The molecule has 13 heavy (non-hydrogen) atoms. The molecule has 0 aliphatic carbocycles. The number of aromatic amines is 1. The molecule has 1 N–H and O–H groups in total. The second-order valence-corrected chi connectivity index (χ2v) is 3.35. The second-order valence-electron chi connectivity index (χ2n) is 2.97. The quantitative estimate of drug-likeness (QED) is 0.740. The van der Waals surface area contributed by atoms with Crippen LogP contribution in [0.4, 0.5) is 0 Å². The second kappa shape index (κ2) is 5.14. The first-order valence-corrected chi connectivity index (χ1v) is 4.80. The fourth-order valence-corrected chi connectivity index (χ4v) is 1.59. The van der Waals surface area contributed by atoms with Crippen LogP contribution in [-0.4, -0.2) is 28.5 Å². The maximum atomic E-state index is 5.13. The molecular weight excluding hydrogens is 186 g/mol. The third kappa shape index (κ3) is 2.63. The number of hydrogen-bond donors (Lipinski definition) is 1. The van der Waals surface area contributed by atoms with E-state index in [0.717, 1.165) is 12.8 Å². The van der Waals surface area contributed by atoms with Gasteiger partial charge in [-0.2, -0.15) is 5.10 Å². The molecule has 1 unspecified atom stereocenters. The van der Waals surface area contributed by atoms with Gasteiger partial charge in [0.25, 0.3) is 0 Å². The molecule has 0 aliphatic rings. The Balaban J connectivity index is 2.75. The molecule has 1 aromatic rings. The number of aromatic nitrogens is 3. The summed E-state index contributed by atoms with van der Waals surface area (Å²) in [6.07, 6.45) is 3.89. The van der Waals surface area contributed by atoms with Gasteiger partial charge >= 0.3 is 0 Å². The molecule has 5 heteroatoms. The van der Waals surface area contributed by atoms with E-state index in [-0.39, 0.29) is 0 Å². The zero-order chi connectivity index (χ0) is 9.68. The first-order chi connectivity index (χ1) is 6.29. The predicted molar refractivity (Wildman–Crippen MR) is 53.2 cm³/mol. The van der Waals surface area contributed by atoms with Crippen molar-refractivity contribution in [2.24, 2.45) is 0 Å². The Morgan fingerprint density at radius 1 is 1.77 bits per heavy atom. The molecule has 1 rings (SSSR count). The normalized spacial score (nSPS) is 13.1. The average Bonchev–Trinajstić information content (AvgIpc) is 2.51. The van der Waals surface area contributed by atoms with Crippen LogP contribution in [0.5, 0.6) is 0 Å². The van der Waals surface area contributed by atoms with Crippen molar-refractivity contribution in [3.63, 3.8) is 0 Å². The van der Waals surface area contributed by atoms with Crippen molar-refractivity contribution in [1.82, 2.24) is 14.8 Å². The molecule has 74 valence electrons. The van der Waals surface area contributed by atoms with E-state index in [9.17, 15) is 0 Å². The fourth-order valence-electron chi connectivity index (χ4n) is 1.34. The molecule has 0 radical (unpaired) electrons. The van der Waals surface area contributed by atoms with Gasteiger partial charge in [-0.15, -0.1) is 0 Å². The SMILES string of the molecule is CCCC(COC)n1cn[nH]c1=S.